The zero-order valence-corrected chi connectivity index (χ0v) is 44.6. The normalized spacial score (nSPS) is 16.6. The van der Waals surface area contributed by atoms with E-state index in [1.807, 2.05) is 75.5 Å². The van der Waals surface area contributed by atoms with Crippen LogP contribution < -0.4 is 30.2 Å². The summed E-state index contributed by atoms with van der Waals surface area (Å²) in [6.45, 7) is 7.76. The van der Waals surface area contributed by atoms with Gasteiger partial charge in [0.15, 0.2) is 23.0 Å². The lowest BCUT2D eigenvalue weighted by molar-refractivity contribution is -0.137. The van der Waals surface area contributed by atoms with E-state index in [4.69, 9.17) is 14.2 Å². The molecule has 0 saturated carbocycles. The van der Waals surface area contributed by atoms with Crippen molar-refractivity contribution in [1.29, 1.82) is 0 Å². The number of unbranched alkanes of at least 4 members (excludes halogenated alkanes) is 3. The van der Waals surface area contributed by atoms with Crippen LogP contribution in [0.1, 0.15) is 93.3 Å². The van der Waals surface area contributed by atoms with Gasteiger partial charge in [0.2, 0.25) is 12.3 Å². The number of carbonyl (C=O) groups excluding carboxylic acids is 6. The highest BCUT2D eigenvalue weighted by atomic mass is 16.5. The zero-order chi connectivity index (χ0) is 55.7. The largest absolute Gasteiger partial charge is 0.504 e. The van der Waals surface area contributed by atoms with Crippen molar-refractivity contribution in [2.24, 2.45) is 15.9 Å². The van der Waals surface area contributed by atoms with Crippen molar-refractivity contribution in [3.63, 3.8) is 0 Å². The van der Waals surface area contributed by atoms with E-state index in [1.54, 1.807) is 60.8 Å². The van der Waals surface area contributed by atoms with Gasteiger partial charge in [-0.1, -0.05) is 58.4 Å². The summed E-state index contributed by atoms with van der Waals surface area (Å²) in [6.07, 6.45) is 16.8. The number of phenols is 2. The monoisotopic (exact) mass is 1080 g/mol. The predicted molar refractivity (Wildman–Crippen MR) is 305 cm³/mol. The van der Waals surface area contributed by atoms with Crippen LogP contribution in [0.25, 0.3) is 11.1 Å². The first-order chi connectivity index (χ1) is 37.7. The molecule has 0 aliphatic carbocycles. The SMILES string of the molecule is C.CC(C)C(C=O)NCCCCCCN1C(=O)C=CC1=O.CNCC(=O)Nc1ccc(C2=CN(C=O)C(C=Nc3cc(OCCCOc4cc5c(cc4O)C(=O)N4C=C(c6ccc(OC)cc6)CC4C=N5)c(O)cc3C)C2)cc1. The molecule has 4 aromatic carbocycles. The molecule has 4 aliphatic rings. The number of anilines is 1. The summed E-state index contributed by atoms with van der Waals surface area (Å²) < 4.78 is 17.0. The number of nitrogens with one attached hydrogen (secondary N) is 3. The Balaban J connectivity index is 0.000000406. The third kappa shape index (κ3) is 15.9. The average molecular weight is 1080 g/mol. The minimum absolute atomic E-state index is 0. The Morgan fingerprint density at radius 1 is 0.835 bits per heavy atom. The highest BCUT2D eigenvalue weighted by molar-refractivity contribution is 6.13. The van der Waals surface area contributed by atoms with Gasteiger partial charge in [0.25, 0.3) is 17.7 Å². The van der Waals surface area contributed by atoms with Crippen LogP contribution >= 0.6 is 0 Å². The average Bonchev–Trinajstić information content (AvgIpc) is 4.14. The first kappa shape index (κ1) is 59.8. The molecule has 0 saturated heterocycles. The lowest BCUT2D eigenvalue weighted by Crippen LogP contribution is -2.35. The molecule has 0 spiro atoms. The molecule has 0 fully saturated rings. The second-order valence-electron chi connectivity index (χ2n) is 19.5. The molecular formula is C60H72N8O11. The van der Waals surface area contributed by atoms with E-state index < -0.39 is 0 Å². The van der Waals surface area contributed by atoms with Crippen molar-refractivity contribution < 1.29 is 53.2 Å². The van der Waals surface area contributed by atoms with Crippen molar-refractivity contribution in [1.82, 2.24) is 25.3 Å². The molecule has 4 aromatic rings. The molecule has 19 nitrogen and oxygen atoms in total. The molecule has 418 valence electrons. The van der Waals surface area contributed by atoms with E-state index in [0.717, 1.165) is 78.5 Å². The fourth-order valence-corrected chi connectivity index (χ4v) is 9.07. The van der Waals surface area contributed by atoms with Gasteiger partial charge in [-0.2, -0.15) is 0 Å². The maximum atomic E-state index is 13.6. The van der Waals surface area contributed by atoms with E-state index in [0.29, 0.717) is 48.8 Å². The highest BCUT2D eigenvalue weighted by Gasteiger charge is 2.33. The van der Waals surface area contributed by atoms with Gasteiger partial charge >= 0.3 is 0 Å². The van der Waals surface area contributed by atoms with Gasteiger partial charge in [0, 0.05) is 80.6 Å². The number of ether oxygens (including phenoxy) is 3. The standard InChI is InChI=1S/C44H44N6O8.C15H24N2O3.CH4/c1-27-15-39(52)41(19-37(27)46-21-33-16-30(24-49(33)26-51)28-5-9-32(10-6-28)48-43(54)23-45-2)57-13-4-14-58-42-20-38-36(18-40(42)53)44(55)50-25-31(17-34(50)22-47-38)29-7-11-35(56-3)12-8-29;1-12(2)13(11-18)16-9-5-3-4-6-10-17-14(19)7-8-15(17)20;/h5-12,15,18-22,24-26,33-34,45,52-53H,4,13-14,16-17,23H2,1-3H3,(H,48,54);7-8,11-13,16H,3-6,9-10H2,1-2H3;1H4. The van der Waals surface area contributed by atoms with Gasteiger partial charge in [-0.25, -0.2) is 0 Å². The lowest BCUT2D eigenvalue weighted by Gasteiger charge is -2.18. The van der Waals surface area contributed by atoms with Crippen LogP contribution in [0.2, 0.25) is 0 Å². The number of aryl methyl sites for hydroxylation is 1. The van der Waals surface area contributed by atoms with Crippen molar-refractivity contribution in [2.45, 2.75) is 91.3 Å². The fraction of sp³-hybridized carbons (Fsp3) is 0.367. The second kappa shape index (κ2) is 28.8. The van der Waals surface area contributed by atoms with Crippen molar-refractivity contribution in [2.75, 3.05) is 52.3 Å². The summed E-state index contributed by atoms with van der Waals surface area (Å²) in [5.74, 6) is 0.455. The molecule has 19 heteroatoms. The van der Waals surface area contributed by atoms with Crippen molar-refractivity contribution in [3.05, 3.63) is 120 Å². The number of hydrogen-bond donors (Lipinski definition) is 5. The van der Waals surface area contributed by atoms with Crippen LogP contribution in [-0.4, -0.2) is 139 Å². The molecule has 79 heavy (non-hydrogen) atoms. The molecule has 3 unspecified atom stereocenters. The maximum absolute atomic E-state index is 13.6. The predicted octanol–water partition coefficient (Wildman–Crippen LogP) is 8.29. The fourth-order valence-electron chi connectivity index (χ4n) is 9.07. The van der Waals surface area contributed by atoms with Gasteiger partial charge in [-0.05, 0) is 104 Å². The number of benzene rings is 4. The van der Waals surface area contributed by atoms with Gasteiger partial charge < -0.3 is 55.0 Å². The molecule has 0 bridgehead atoms. The number of fused-ring (bicyclic) bond motifs is 2. The first-order valence-corrected chi connectivity index (χ1v) is 26.1. The van der Waals surface area contributed by atoms with Gasteiger partial charge in [-0.15, -0.1) is 0 Å². The van der Waals surface area contributed by atoms with Crippen LogP contribution in [-0.2, 0) is 24.0 Å². The smallest absolute Gasteiger partial charge is 0.260 e. The molecule has 5 amide bonds. The van der Waals surface area contributed by atoms with Crippen LogP contribution in [0.3, 0.4) is 0 Å². The van der Waals surface area contributed by atoms with Crippen LogP contribution in [0.5, 0.6) is 28.7 Å². The molecule has 5 N–H and O–H groups in total. The molecular weight excluding hydrogens is 1010 g/mol. The number of nitrogens with zero attached hydrogens (tertiary/aromatic N) is 5. The minimum atomic E-state index is -0.322. The lowest BCUT2D eigenvalue weighted by atomic mass is 10.0. The Bertz CT molecular complexity index is 2950. The quantitative estimate of drug-likeness (QED) is 0.0182. The van der Waals surface area contributed by atoms with Crippen molar-refractivity contribution >= 4 is 77.0 Å². The van der Waals surface area contributed by atoms with Crippen molar-refractivity contribution in [3.8, 4) is 28.7 Å². The number of imide groups is 1. The topological polar surface area (TPSA) is 241 Å². The van der Waals surface area contributed by atoms with Crippen LogP contribution in [0.4, 0.5) is 17.1 Å². The summed E-state index contributed by atoms with van der Waals surface area (Å²) in [6, 6.07) is 20.6. The number of rotatable bonds is 25. The Hall–Kier alpha value is -8.42. The van der Waals surface area contributed by atoms with E-state index in [2.05, 4.69) is 25.9 Å². The highest BCUT2D eigenvalue weighted by Crippen LogP contribution is 2.40. The summed E-state index contributed by atoms with van der Waals surface area (Å²) >= 11 is 0. The van der Waals surface area contributed by atoms with Gasteiger partial charge in [-0.3, -0.25) is 38.9 Å². The number of carbonyl (C=O) groups is 6. The third-order valence-electron chi connectivity index (χ3n) is 13.5. The summed E-state index contributed by atoms with van der Waals surface area (Å²) in [5, 5.41) is 30.3. The van der Waals surface area contributed by atoms with Crippen LogP contribution in [0, 0.1) is 12.8 Å². The Morgan fingerprint density at radius 3 is 2.13 bits per heavy atom. The Kier molecular flexibility index (Phi) is 21.8. The number of aldehydes is 1. The molecule has 8 rings (SSSR count). The third-order valence-corrected chi connectivity index (χ3v) is 13.5. The number of hydrogen-bond acceptors (Lipinski definition) is 15. The van der Waals surface area contributed by atoms with E-state index in [-0.39, 0.29) is 97.5 Å². The summed E-state index contributed by atoms with van der Waals surface area (Å²) in [5.41, 5.74) is 6.51. The zero-order valence-electron chi connectivity index (χ0n) is 44.6. The Labute approximate surface area is 461 Å². The molecule has 3 atom stereocenters. The van der Waals surface area contributed by atoms with E-state index in [1.165, 1.54) is 23.1 Å². The number of aromatic hydroxyl groups is 2. The number of methoxy groups -OCH3 is 1. The van der Waals surface area contributed by atoms with E-state index in [9.17, 15) is 39.0 Å². The molecule has 0 aromatic heterocycles. The Morgan fingerprint density at radius 2 is 1.48 bits per heavy atom. The number of phenolic OH excluding ortho intramolecular Hbond substituents is 2. The minimum Gasteiger partial charge on any atom is -0.504 e. The van der Waals surface area contributed by atoms with Gasteiger partial charge in [0.1, 0.15) is 12.0 Å². The number of aliphatic imine (C=N–C) groups is 2. The molecule has 0 radical (unpaired) electrons. The molecule has 4 heterocycles. The van der Waals surface area contributed by atoms with Crippen LogP contribution in [0.15, 0.2) is 107 Å². The second-order valence-corrected chi connectivity index (χ2v) is 19.5. The first-order valence-electron chi connectivity index (χ1n) is 26.1. The molecule has 4 aliphatic heterocycles. The van der Waals surface area contributed by atoms with E-state index >= 15 is 0 Å². The summed E-state index contributed by atoms with van der Waals surface area (Å²) in [4.78, 5) is 84.5. The number of likely N-dealkylation sites (N-methyl/N-ethyl adjacent to an activating group) is 1. The number of amides is 5. The summed E-state index contributed by atoms with van der Waals surface area (Å²) in [7, 11) is 3.32. The van der Waals surface area contributed by atoms with Gasteiger partial charge in [0.05, 0.1) is 61.9 Å². The maximum Gasteiger partial charge on any atom is 0.260 e.